The van der Waals surface area contributed by atoms with Gasteiger partial charge in [0.2, 0.25) is 5.91 Å². The van der Waals surface area contributed by atoms with Crippen LogP contribution in [0.15, 0.2) is 12.4 Å². The van der Waals surface area contributed by atoms with Gasteiger partial charge in [0.1, 0.15) is 12.1 Å². The normalized spacial score (nSPS) is 19.3. The minimum Gasteiger partial charge on any atom is -0.356 e. The highest BCUT2D eigenvalue weighted by molar-refractivity contribution is 5.85. The van der Waals surface area contributed by atoms with Crippen LogP contribution in [0.4, 0.5) is 5.82 Å². The minimum absolute atomic E-state index is 0. The van der Waals surface area contributed by atoms with Crippen LogP contribution in [0.1, 0.15) is 51.6 Å². The Bertz CT molecular complexity index is 590. The summed E-state index contributed by atoms with van der Waals surface area (Å²) in [6.45, 7) is 8.41. The molecule has 8 heteroatoms. The van der Waals surface area contributed by atoms with E-state index in [1.807, 2.05) is 0 Å². The van der Waals surface area contributed by atoms with E-state index < -0.39 is 0 Å². The van der Waals surface area contributed by atoms with E-state index in [-0.39, 0.29) is 30.7 Å². The molecular formula is C20H35Cl2N5O. The first kappa shape index (κ1) is 24.9. The molecule has 3 rings (SSSR count). The van der Waals surface area contributed by atoms with E-state index in [2.05, 4.69) is 45.4 Å². The maximum atomic E-state index is 12.4. The van der Waals surface area contributed by atoms with Gasteiger partial charge in [0.25, 0.3) is 0 Å². The number of aromatic nitrogens is 2. The number of hydrogen-bond acceptors (Lipinski definition) is 5. The van der Waals surface area contributed by atoms with Gasteiger partial charge in [-0.2, -0.15) is 0 Å². The van der Waals surface area contributed by atoms with Gasteiger partial charge in [0.05, 0.1) is 0 Å². The molecule has 1 unspecified atom stereocenters. The Balaban J connectivity index is 0.00000196. The molecule has 2 fully saturated rings. The predicted molar refractivity (Wildman–Crippen MR) is 119 cm³/mol. The lowest BCUT2D eigenvalue weighted by Gasteiger charge is -2.34. The molecule has 2 aliphatic rings. The number of rotatable bonds is 6. The lowest BCUT2D eigenvalue weighted by atomic mass is 9.84. The fourth-order valence-electron chi connectivity index (χ4n) is 4.16. The number of carbonyl (C=O) groups is 1. The van der Waals surface area contributed by atoms with Gasteiger partial charge in [-0.05, 0) is 57.0 Å². The molecule has 2 saturated heterocycles. The zero-order valence-corrected chi connectivity index (χ0v) is 18.7. The highest BCUT2D eigenvalue weighted by Gasteiger charge is 2.25. The predicted octanol–water partition coefficient (Wildman–Crippen LogP) is 2.99. The van der Waals surface area contributed by atoms with Crippen molar-refractivity contribution in [3.63, 3.8) is 0 Å². The van der Waals surface area contributed by atoms with Crippen LogP contribution in [-0.4, -0.2) is 48.1 Å². The Morgan fingerprint density at radius 1 is 1.21 bits per heavy atom. The molecule has 0 aliphatic carbocycles. The standard InChI is InChI=1S/C20H33N5O.2ClH/c1-3-17-13-19(23-14-22-17)25-10-6-18(7-11-25)24-20(26)12-15(2)16-4-8-21-9-5-16;;/h13-16,18,21H,3-12H2,1-2H3,(H,24,26);2*1H. The quantitative estimate of drug-likeness (QED) is 0.723. The summed E-state index contributed by atoms with van der Waals surface area (Å²) in [6.07, 6.45) is 7.62. The fraction of sp³-hybridized carbons (Fsp3) is 0.750. The monoisotopic (exact) mass is 431 g/mol. The Hall–Kier alpha value is -1.11. The van der Waals surface area contributed by atoms with Gasteiger partial charge >= 0.3 is 0 Å². The van der Waals surface area contributed by atoms with Gasteiger partial charge in [0, 0.05) is 37.3 Å². The first-order valence-electron chi connectivity index (χ1n) is 10.2. The van der Waals surface area contributed by atoms with Crippen LogP contribution < -0.4 is 15.5 Å². The number of halogens is 2. The van der Waals surface area contributed by atoms with Crippen LogP contribution in [0.5, 0.6) is 0 Å². The summed E-state index contributed by atoms with van der Waals surface area (Å²) in [5.41, 5.74) is 1.08. The molecule has 160 valence electrons. The average molecular weight is 432 g/mol. The molecule has 2 aliphatic heterocycles. The number of piperidine rings is 2. The Labute approximate surface area is 181 Å². The first-order valence-corrected chi connectivity index (χ1v) is 10.2. The van der Waals surface area contributed by atoms with Crippen molar-refractivity contribution in [2.24, 2.45) is 11.8 Å². The van der Waals surface area contributed by atoms with Crippen LogP contribution in [0.3, 0.4) is 0 Å². The molecule has 1 atom stereocenters. The highest BCUT2D eigenvalue weighted by atomic mass is 35.5. The van der Waals surface area contributed by atoms with Crippen molar-refractivity contribution in [1.82, 2.24) is 20.6 Å². The third kappa shape index (κ3) is 7.05. The number of amides is 1. The van der Waals surface area contributed by atoms with E-state index in [1.165, 1.54) is 12.8 Å². The summed E-state index contributed by atoms with van der Waals surface area (Å²) in [5.74, 6) is 2.41. The minimum atomic E-state index is 0. The SMILES string of the molecule is CCc1cc(N2CCC(NC(=O)CC(C)C3CCNCC3)CC2)ncn1.Cl.Cl. The Morgan fingerprint density at radius 3 is 2.54 bits per heavy atom. The van der Waals surface area contributed by atoms with Crippen molar-refractivity contribution in [2.45, 2.75) is 58.4 Å². The molecule has 28 heavy (non-hydrogen) atoms. The van der Waals surface area contributed by atoms with Crippen LogP contribution in [0.2, 0.25) is 0 Å². The Kier molecular flexibility index (Phi) is 11.1. The van der Waals surface area contributed by atoms with Crippen molar-refractivity contribution in [2.75, 3.05) is 31.1 Å². The molecule has 0 saturated carbocycles. The summed E-state index contributed by atoms with van der Waals surface area (Å²) in [4.78, 5) is 23.4. The summed E-state index contributed by atoms with van der Waals surface area (Å²) in [6, 6.07) is 2.38. The van der Waals surface area contributed by atoms with Crippen LogP contribution >= 0.6 is 24.8 Å². The van der Waals surface area contributed by atoms with Crippen molar-refractivity contribution in [3.8, 4) is 0 Å². The number of anilines is 1. The third-order valence-corrected chi connectivity index (χ3v) is 5.95. The Morgan fingerprint density at radius 2 is 1.89 bits per heavy atom. The lowest BCUT2D eigenvalue weighted by Crippen LogP contribution is -2.45. The van der Waals surface area contributed by atoms with Gasteiger partial charge in [-0.25, -0.2) is 9.97 Å². The number of carbonyl (C=O) groups excluding carboxylic acids is 1. The number of nitrogens with one attached hydrogen (secondary N) is 2. The second-order valence-corrected chi connectivity index (χ2v) is 7.82. The number of nitrogens with zero attached hydrogens (tertiary/aromatic N) is 3. The zero-order chi connectivity index (χ0) is 18.4. The summed E-state index contributed by atoms with van der Waals surface area (Å²) in [5, 5.41) is 6.67. The lowest BCUT2D eigenvalue weighted by molar-refractivity contribution is -0.123. The van der Waals surface area contributed by atoms with E-state index in [9.17, 15) is 4.79 Å². The van der Waals surface area contributed by atoms with Crippen molar-refractivity contribution < 1.29 is 4.79 Å². The van der Waals surface area contributed by atoms with Gasteiger partial charge in [0.15, 0.2) is 0 Å². The smallest absolute Gasteiger partial charge is 0.220 e. The van der Waals surface area contributed by atoms with Gasteiger partial charge in [-0.15, -0.1) is 24.8 Å². The van der Waals surface area contributed by atoms with E-state index in [1.54, 1.807) is 6.33 Å². The molecule has 3 heterocycles. The molecule has 1 aromatic rings. The van der Waals surface area contributed by atoms with E-state index in [0.29, 0.717) is 24.3 Å². The molecule has 0 spiro atoms. The van der Waals surface area contributed by atoms with Crippen molar-refractivity contribution in [3.05, 3.63) is 18.1 Å². The van der Waals surface area contributed by atoms with E-state index in [0.717, 1.165) is 57.0 Å². The van der Waals surface area contributed by atoms with Gasteiger partial charge in [-0.1, -0.05) is 13.8 Å². The molecule has 1 amide bonds. The summed E-state index contributed by atoms with van der Waals surface area (Å²) >= 11 is 0. The second kappa shape index (κ2) is 12.5. The average Bonchev–Trinajstić information content (AvgIpc) is 2.69. The number of aryl methyl sites for hydroxylation is 1. The van der Waals surface area contributed by atoms with E-state index in [4.69, 9.17) is 0 Å². The second-order valence-electron chi connectivity index (χ2n) is 7.82. The molecule has 0 bridgehead atoms. The largest absolute Gasteiger partial charge is 0.356 e. The first-order chi connectivity index (χ1) is 12.7. The van der Waals surface area contributed by atoms with Gasteiger partial charge in [-0.3, -0.25) is 4.79 Å². The molecule has 2 N–H and O–H groups in total. The fourth-order valence-corrected chi connectivity index (χ4v) is 4.16. The molecule has 1 aromatic heterocycles. The van der Waals surface area contributed by atoms with Crippen LogP contribution in [-0.2, 0) is 11.2 Å². The maximum Gasteiger partial charge on any atom is 0.220 e. The molecular weight excluding hydrogens is 397 g/mol. The van der Waals surface area contributed by atoms with Crippen LogP contribution in [0.25, 0.3) is 0 Å². The van der Waals surface area contributed by atoms with Crippen LogP contribution in [0, 0.1) is 11.8 Å². The maximum absolute atomic E-state index is 12.4. The third-order valence-electron chi connectivity index (χ3n) is 5.95. The van der Waals surface area contributed by atoms with Crippen molar-refractivity contribution >= 4 is 36.5 Å². The van der Waals surface area contributed by atoms with Crippen molar-refractivity contribution in [1.29, 1.82) is 0 Å². The highest BCUT2D eigenvalue weighted by Crippen LogP contribution is 2.24. The molecule has 6 nitrogen and oxygen atoms in total. The zero-order valence-electron chi connectivity index (χ0n) is 17.0. The summed E-state index contributed by atoms with van der Waals surface area (Å²) < 4.78 is 0. The summed E-state index contributed by atoms with van der Waals surface area (Å²) in [7, 11) is 0. The van der Waals surface area contributed by atoms with E-state index >= 15 is 0 Å². The molecule has 0 aromatic carbocycles. The molecule has 0 radical (unpaired) electrons. The topological polar surface area (TPSA) is 70.2 Å². The number of hydrogen-bond donors (Lipinski definition) is 2. The van der Waals surface area contributed by atoms with Gasteiger partial charge < -0.3 is 15.5 Å².